The molecule has 0 bridgehead atoms. The molecule has 1 heterocycles. The molecule has 1 fully saturated rings. The molecule has 0 spiro atoms. The van der Waals surface area contributed by atoms with E-state index in [9.17, 15) is 0 Å². The van der Waals surface area contributed by atoms with E-state index in [1.54, 1.807) is 6.33 Å². The smallest absolute Gasteiger partial charge is 0.132 e. The first-order chi connectivity index (χ1) is 9.93. The lowest BCUT2D eigenvalue weighted by Gasteiger charge is -2.22. The van der Waals surface area contributed by atoms with E-state index >= 15 is 0 Å². The Morgan fingerprint density at radius 2 is 1.75 bits per heavy atom. The molecule has 2 aliphatic carbocycles. The number of rotatable bonds is 4. The van der Waals surface area contributed by atoms with Crippen LogP contribution in [-0.2, 0) is 12.8 Å². The van der Waals surface area contributed by atoms with Gasteiger partial charge in [-0.1, -0.05) is 38.5 Å². The van der Waals surface area contributed by atoms with Crippen LogP contribution in [0.3, 0.4) is 0 Å². The number of fused-ring (bicyclic) bond motifs is 1. The molecule has 0 atom stereocenters. The van der Waals surface area contributed by atoms with Gasteiger partial charge in [-0.3, -0.25) is 0 Å². The maximum absolute atomic E-state index is 4.49. The van der Waals surface area contributed by atoms with Gasteiger partial charge in [0, 0.05) is 17.8 Å². The quantitative estimate of drug-likeness (QED) is 0.838. The Labute approximate surface area is 122 Å². The molecular weight excluding hydrogens is 246 g/mol. The second-order valence-electron chi connectivity index (χ2n) is 6.43. The summed E-state index contributed by atoms with van der Waals surface area (Å²) in [4.78, 5) is 8.98. The SMILES string of the molecule is c1nc2c(c(NCCC3CCCCC3)n1)CCCCC2. The van der Waals surface area contributed by atoms with Crippen LogP contribution in [0.2, 0.25) is 0 Å². The van der Waals surface area contributed by atoms with Gasteiger partial charge >= 0.3 is 0 Å². The summed E-state index contributed by atoms with van der Waals surface area (Å²) < 4.78 is 0. The maximum Gasteiger partial charge on any atom is 0.132 e. The standard InChI is InChI=1S/C17H27N3/c1-3-7-14(8-4-1)11-12-18-17-15-9-5-2-6-10-16(15)19-13-20-17/h13-14H,1-12H2,(H,18,19,20). The lowest BCUT2D eigenvalue weighted by Crippen LogP contribution is -2.14. The summed E-state index contributed by atoms with van der Waals surface area (Å²) in [6.45, 7) is 1.08. The predicted molar refractivity (Wildman–Crippen MR) is 83.0 cm³/mol. The fraction of sp³-hybridized carbons (Fsp3) is 0.765. The van der Waals surface area contributed by atoms with Crippen molar-refractivity contribution in [3.8, 4) is 0 Å². The lowest BCUT2D eigenvalue weighted by molar-refractivity contribution is 0.345. The molecule has 20 heavy (non-hydrogen) atoms. The number of nitrogens with zero attached hydrogens (tertiary/aromatic N) is 2. The maximum atomic E-state index is 4.49. The summed E-state index contributed by atoms with van der Waals surface area (Å²) in [6.07, 6.45) is 16.4. The molecular formula is C17H27N3. The van der Waals surface area contributed by atoms with Crippen LogP contribution in [0.25, 0.3) is 0 Å². The van der Waals surface area contributed by atoms with Crippen molar-refractivity contribution in [1.82, 2.24) is 9.97 Å². The van der Waals surface area contributed by atoms with Crippen molar-refractivity contribution in [2.75, 3.05) is 11.9 Å². The molecule has 1 saturated carbocycles. The molecule has 3 nitrogen and oxygen atoms in total. The molecule has 3 heteroatoms. The van der Waals surface area contributed by atoms with E-state index in [1.165, 1.54) is 69.0 Å². The van der Waals surface area contributed by atoms with Gasteiger partial charge in [0.05, 0.1) is 0 Å². The first-order valence-corrected chi connectivity index (χ1v) is 8.50. The van der Waals surface area contributed by atoms with Crippen molar-refractivity contribution >= 4 is 5.82 Å². The average molecular weight is 273 g/mol. The van der Waals surface area contributed by atoms with Crippen LogP contribution >= 0.6 is 0 Å². The molecule has 0 amide bonds. The Kier molecular flexibility index (Phi) is 4.88. The third-order valence-electron chi connectivity index (χ3n) is 4.94. The summed E-state index contributed by atoms with van der Waals surface area (Å²) in [5, 5.41) is 3.60. The minimum atomic E-state index is 0.941. The van der Waals surface area contributed by atoms with Crippen LogP contribution < -0.4 is 5.32 Å². The first kappa shape index (κ1) is 13.8. The highest BCUT2D eigenvalue weighted by atomic mass is 15.0. The van der Waals surface area contributed by atoms with Crippen molar-refractivity contribution in [2.45, 2.75) is 70.6 Å². The number of hydrogen-bond acceptors (Lipinski definition) is 3. The molecule has 1 aromatic heterocycles. The van der Waals surface area contributed by atoms with Gasteiger partial charge in [0.2, 0.25) is 0 Å². The average Bonchev–Trinajstić information content (AvgIpc) is 2.74. The number of aromatic nitrogens is 2. The topological polar surface area (TPSA) is 37.8 Å². The zero-order valence-electron chi connectivity index (χ0n) is 12.5. The molecule has 0 unspecified atom stereocenters. The number of hydrogen-bond donors (Lipinski definition) is 1. The van der Waals surface area contributed by atoms with Gasteiger partial charge < -0.3 is 5.32 Å². The molecule has 0 aromatic carbocycles. The molecule has 1 N–H and O–H groups in total. The van der Waals surface area contributed by atoms with Gasteiger partial charge in [-0.25, -0.2) is 9.97 Å². The Bertz CT molecular complexity index is 424. The highest BCUT2D eigenvalue weighted by molar-refractivity contribution is 5.46. The summed E-state index contributed by atoms with van der Waals surface area (Å²) in [5.41, 5.74) is 2.69. The van der Waals surface area contributed by atoms with Crippen LogP contribution in [0.1, 0.15) is 69.0 Å². The zero-order valence-corrected chi connectivity index (χ0v) is 12.5. The highest BCUT2D eigenvalue weighted by Gasteiger charge is 2.16. The second-order valence-corrected chi connectivity index (χ2v) is 6.43. The Morgan fingerprint density at radius 3 is 2.65 bits per heavy atom. The third kappa shape index (κ3) is 3.50. The van der Waals surface area contributed by atoms with E-state index in [0.717, 1.165) is 31.1 Å². The summed E-state index contributed by atoms with van der Waals surface area (Å²) in [5.74, 6) is 2.06. The fourth-order valence-electron chi connectivity index (χ4n) is 3.72. The van der Waals surface area contributed by atoms with Crippen molar-refractivity contribution in [3.63, 3.8) is 0 Å². The Hall–Kier alpha value is -1.12. The summed E-state index contributed by atoms with van der Waals surface area (Å²) in [7, 11) is 0. The van der Waals surface area contributed by atoms with Crippen molar-refractivity contribution in [2.24, 2.45) is 5.92 Å². The molecule has 0 radical (unpaired) electrons. The highest BCUT2D eigenvalue weighted by Crippen LogP contribution is 2.27. The summed E-state index contributed by atoms with van der Waals surface area (Å²) >= 11 is 0. The molecule has 3 rings (SSSR count). The number of anilines is 1. The largest absolute Gasteiger partial charge is 0.370 e. The van der Waals surface area contributed by atoms with Gasteiger partial charge in [0.25, 0.3) is 0 Å². The van der Waals surface area contributed by atoms with Crippen molar-refractivity contribution in [1.29, 1.82) is 0 Å². The van der Waals surface area contributed by atoms with Crippen molar-refractivity contribution < 1.29 is 0 Å². The van der Waals surface area contributed by atoms with Crippen LogP contribution in [0.5, 0.6) is 0 Å². The number of aryl methyl sites for hydroxylation is 1. The zero-order chi connectivity index (χ0) is 13.6. The van der Waals surface area contributed by atoms with E-state index in [4.69, 9.17) is 0 Å². The molecule has 0 saturated heterocycles. The van der Waals surface area contributed by atoms with Gasteiger partial charge in [-0.2, -0.15) is 0 Å². The molecule has 1 aromatic rings. The van der Waals surface area contributed by atoms with E-state index < -0.39 is 0 Å². The van der Waals surface area contributed by atoms with Gasteiger partial charge in [-0.05, 0) is 38.0 Å². The van der Waals surface area contributed by atoms with E-state index in [1.807, 2.05) is 0 Å². The first-order valence-electron chi connectivity index (χ1n) is 8.50. The number of nitrogens with one attached hydrogen (secondary N) is 1. The van der Waals surface area contributed by atoms with Crippen molar-refractivity contribution in [3.05, 3.63) is 17.6 Å². The predicted octanol–water partition coefficient (Wildman–Crippen LogP) is 4.13. The van der Waals surface area contributed by atoms with Crippen LogP contribution in [0.4, 0.5) is 5.82 Å². The lowest BCUT2D eigenvalue weighted by atomic mass is 9.87. The summed E-state index contributed by atoms with van der Waals surface area (Å²) in [6, 6.07) is 0. The van der Waals surface area contributed by atoms with Crippen LogP contribution in [0.15, 0.2) is 6.33 Å². The van der Waals surface area contributed by atoms with Crippen LogP contribution in [-0.4, -0.2) is 16.5 Å². The normalized spacial score (nSPS) is 20.2. The fourth-order valence-corrected chi connectivity index (χ4v) is 3.72. The Morgan fingerprint density at radius 1 is 0.950 bits per heavy atom. The van der Waals surface area contributed by atoms with Crippen LogP contribution in [0, 0.1) is 5.92 Å². The van der Waals surface area contributed by atoms with Gasteiger partial charge in [-0.15, -0.1) is 0 Å². The molecule has 110 valence electrons. The van der Waals surface area contributed by atoms with E-state index in [-0.39, 0.29) is 0 Å². The molecule has 2 aliphatic rings. The monoisotopic (exact) mass is 273 g/mol. The van der Waals surface area contributed by atoms with Gasteiger partial charge in [0.15, 0.2) is 0 Å². The van der Waals surface area contributed by atoms with E-state index in [2.05, 4.69) is 15.3 Å². The van der Waals surface area contributed by atoms with Gasteiger partial charge in [0.1, 0.15) is 12.1 Å². The third-order valence-corrected chi connectivity index (χ3v) is 4.94. The molecule has 0 aliphatic heterocycles. The Balaban J connectivity index is 1.57. The second kappa shape index (κ2) is 7.05. The van der Waals surface area contributed by atoms with E-state index in [0.29, 0.717) is 0 Å². The minimum absolute atomic E-state index is 0.941. The minimum Gasteiger partial charge on any atom is -0.370 e.